The molecule has 0 aliphatic rings. The van der Waals surface area contributed by atoms with Crippen LogP contribution in [0.15, 0.2) is 12.4 Å². The Labute approximate surface area is 102 Å². The van der Waals surface area contributed by atoms with Gasteiger partial charge in [-0.2, -0.15) is 5.10 Å². The van der Waals surface area contributed by atoms with Crippen molar-refractivity contribution in [3.05, 3.63) is 18.0 Å². The van der Waals surface area contributed by atoms with Gasteiger partial charge in [-0.1, -0.05) is 13.8 Å². The third-order valence-electron chi connectivity index (χ3n) is 3.52. The van der Waals surface area contributed by atoms with Crippen molar-refractivity contribution >= 4 is 5.91 Å². The minimum Gasteiger partial charge on any atom is -0.341 e. The quantitative estimate of drug-likeness (QED) is 0.780. The molecule has 1 amide bonds. The summed E-state index contributed by atoms with van der Waals surface area (Å²) in [6, 6.07) is 0. The summed E-state index contributed by atoms with van der Waals surface area (Å²) in [6.07, 6.45) is 5.07. The third-order valence-corrected chi connectivity index (χ3v) is 3.52. The number of nitrogens with two attached hydrogens (primary N) is 1. The number of carbonyl (C=O) groups is 1. The molecule has 3 N–H and O–H groups in total. The smallest absolute Gasteiger partial charge is 0.230 e. The Morgan fingerprint density at radius 2 is 2.18 bits per heavy atom. The molecule has 5 nitrogen and oxygen atoms in total. The molecule has 0 radical (unpaired) electrons. The monoisotopic (exact) mass is 238 g/mol. The molecule has 0 aliphatic carbocycles. The fraction of sp³-hybridized carbons (Fsp3) is 0.667. The number of amides is 1. The summed E-state index contributed by atoms with van der Waals surface area (Å²) < 4.78 is 0. The fourth-order valence-electron chi connectivity index (χ4n) is 2.04. The molecule has 0 bridgehead atoms. The van der Waals surface area contributed by atoms with Gasteiger partial charge in [0, 0.05) is 31.9 Å². The second-order valence-electron chi connectivity index (χ2n) is 4.46. The lowest BCUT2D eigenvalue weighted by Gasteiger charge is -2.33. The predicted molar refractivity (Wildman–Crippen MR) is 67.1 cm³/mol. The number of aromatic amines is 1. The lowest BCUT2D eigenvalue weighted by Crippen LogP contribution is -2.45. The van der Waals surface area contributed by atoms with Crippen molar-refractivity contribution in [2.45, 2.75) is 33.2 Å². The number of aromatic nitrogens is 2. The Morgan fingerprint density at radius 3 is 2.59 bits per heavy atom. The Morgan fingerprint density at radius 1 is 1.53 bits per heavy atom. The molecule has 0 atom stereocenters. The van der Waals surface area contributed by atoms with Crippen LogP contribution in [0.3, 0.4) is 0 Å². The second-order valence-corrected chi connectivity index (χ2v) is 4.46. The summed E-state index contributed by atoms with van der Waals surface area (Å²) in [5.74, 6) is 0.117. The van der Waals surface area contributed by atoms with Crippen LogP contribution in [-0.4, -0.2) is 34.6 Å². The van der Waals surface area contributed by atoms with Gasteiger partial charge in [0.15, 0.2) is 0 Å². The first-order chi connectivity index (χ1) is 8.09. The molecule has 96 valence electrons. The average molecular weight is 238 g/mol. The summed E-state index contributed by atoms with van der Waals surface area (Å²) in [5, 5.41) is 6.61. The van der Waals surface area contributed by atoms with E-state index >= 15 is 0 Å². The van der Waals surface area contributed by atoms with E-state index in [1.54, 1.807) is 17.3 Å². The Kier molecular flexibility index (Phi) is 4.69. The first-order valence-corrected chi connectivity index (χ1v) is 6.03. The molecule has 0 spiro atoms. The zero-order valence-corrected chi connectivity index (χ0v) is 10.9. The Bertz CT molecular complexity index is 335. The van der Waals surface area contributed by atoms with Gasteiger partial charge in [0.1, 0.15) is 0 Å². The number of nitrogens with one attached hydrogen (secondary N) is 1. The van der Waals surface area contributed by atoms with Crippen LogP contribution in [-0.2, 0) is 11.3 Å². The minimum atomic E-state index is -0.418. The topological polar surface area (TPSA) is 75.0 Å². The molecule has 17 heavy (non-hydrogen) atoms. The maximum absolute atomic E-state index is 12.4. The molecular formula is C12H22N4O. The van der Waals surface area contributed by atoms with Gasteiger partial charge in [-0.05, 0) is 12.8 Å². The normalized spacial score (nSPS) is 11.5. The second kappa shape index (κ2) is 5.82. The van der Waals surface area contributed by atoms with Crippen LogP contribution in [0.2, 0.25) is 0 Å². The number of carbonyl (C=O) groups excluding carboxylic acids is 1. The van der Waals surface area contributed by atoms with E-state index in [9.17, 15) is 4.79 Å². The van der Waals surface area contributed by atoms with E-state index in [0.717, 1.165) is 18.4 Å². The molecular weight excluding hydrogens is 216 g/mol. The molecule has 1 rings (SSSR count). The van der Waals surface area contributed by atoms with Gasteiger partial charge < -0.3 is 10.6 Å². The summed E-state index contributed by atoms with van der Waals surface area (Å²) in [4.78, 5) is 14.1. The van der Waals surface area contributed by atoms with Gasteiger partial charge in [-0.15, -0.1) is 0 Å². The first kappa shape index (κ1) is 13.7. The number of hydrogen-bond acceptors (Lipinski definition) is 3. The van der Waals surface area contributed by atoms with Crippen LogP contribution in [0.25, 0.3) is 0 Å². The van der Waals surface area contributed by atoms with Crippen molar-refractivity contribution in [2.75, 3.05) is 13.6 Å². The van der Waals surface area contributed by atoms with Gasteiger partial charge in [0.2, 0.25) is 5.91 Å². The van der Waals surface area contributed by atoms with E-state index in [2.05, 4.69) is 10.2 Å². The van der Waals surface area contributed by atoms with Crippen molar-refractivity contribution in [3.63, 3.8) is 0 Å². The highest BCUT2D eigenvalue weighted by molar-refractivity contribution is 5.82. The fourth-order valence-corrected chi connectivity index (χ4v) is 2.04. The van der Waals surface area contributed by atoms with Crippen LogP contribution in [0, 0.1) is 5.41 Å². The summed E-state index contributed by atoms with van der Waals surface area (Å²) in [7, 11) is 1.81. The lowest BCUT2D eigenvalue weighted by atomic mass is 9.81. The number of rotatable bonds is 6. The van der Waals surface area contributed by atoms with E-state index in [4.69, 9.17) is 5.73 Å². The molecule has 5 heteroatoms. The molecule has 1 aromatic rings. The minimum absolute atomic E-state index is 0.117. The SMILES string of the molecule is CCC(CC)(CN)C(=O)N(C)Cc1cn[nH]c1. The third kappa shape index (κ3) is 2.85. The van der Waals surface area contributed by atoms with Crippen molar-refractivity contribution in [1.82, 2.24) is 15.1 Å². The Hall–Kier alpha value is -1.36. The molecule has 0 fully saturated rings. The molecule has 1 aromatic heterocycles. The van der Waals surface area contributed by atoms with Crippen molar-refractivity contribution in [3.8, 4) is 0 Å². The van der Waals surface area contributed by atoms with Crippen molar-refractivity contribution in [2.24, 2.45) is 11.1 Å². The maximum Gasteiger partial charge on any atom is 0.230 e. The largest absolute Gasteiger partial charge is 0.341 e. The van der Waals surface area contributed by atoms with Crippen LogP contribution >= 0.6 is 0 Å². The van der Waals surface area contributed by atoms with E-state index in [0.29, 0.717) is 13.1 Å². The van der Waals surface area contributed by atoms with Crippen molar-refractivity contribution in [1.29, 1.82) is 0 Å². The Balaban J connectivity index is 2.74. The molecule has 0 aliphatic heterocycles. The molecule has 0 aromatic carbocycles. The number of hydrogen-bond donors (Lipinski definition) is 2. The maximum atomic E-state index is 12.4. The highest BCUT2D eigenvalue weighted by Crippen LogP contribution is 2.27. The first-order valence-electron chi connectivity index (χ1n) is 6.03. The zero-order chi connectivity index (χ0) is 12.9. The van der Waals surface area contributed by atoms with E-state index in [1.165, 1.54) is 0 Å². The predicted octanol–water partition coefficient (Wildman–Crippen LogP) is 1.13. The highest BCUT2D eigenvalue weighted by atomic mass is 16.2. The average Bonchev–Trinajstić information content (AvgIpc) is 2.84. The number of H-pyrrole nitrogens is 1. The summed E-state index contributed by atoms with van der Waals surface area (Å²) in [5.41, 5.74) is 6.36. The number of nitrogens with zero attached hydrogens (tertiary/aromatic N) is 2. The van der Waals surface area contributed by atoms with Gasteiger partial charge in [0.05, 0.1) is 11.6 Å². The molecule has 0 unspecified atom stereocenters. The summed E-state index contributed by atoms with van der Waals surface area (Å²) >= 11 is 0. The zero-order valence-electron chi connectivity index (χ0n) is 10.9. The standard InChI is InChI=1S/C12H22N4O/c1-4-12(5-2,9-13)11(17)16(3)8-10-6-14-15-7-10/h6-7H,4-5,8-9,13H2,1-3H3,(H,14,15). The van der Waals surface area contributed by atoms with Crippen LogP contribution in [0.5, 0.6) is 0 Å². The van der Waals surface area contributed by atoms with E-state index in [1.807, 2.05) is 20.9 Å². The van der Waals surface area contributed by atoms with Crippen molar-refractivity contribution < 1.29 is 4.79 Å². The molecule has 1 heterocycles. The van der Waals surface area contributed by atoms with Gasteiger partial charge in [-0.25, -0.2) is 0 Å². The van der Waals surface area contributed by atoms with Crippen LogP contribution in [0.1, 0.15) is 32.3 Å². The molecule has 0 saturated heterocycles. The summed E-state index contributed by atoms with van der Waals surface area (Å²) in [6.45, 7) is 4.99. The highest BCUT2D eigenvalue weighted by Gasteiger charge is 2.35. The van der Waals surface area contributed by atoms with E-state index < -0.39 is 5.41 Å². The van der Waals surface area contributed by atoms with E-state index in [-0.39, 0.29) is 5.91 Å². The lowest BCUT2D eigenvalue weighted by molar-refractivity contribution is -0.141. The van der Waals surface area contributed by atoms with Gasteiger partial charge >= 0.3 is 0 Å². The molecule has 0 saturated carbocycles. The van der Waals surface area contributed by atoms with Gasteiger partial charge in [0.25, 0.3) is 0 Å². The van der Waals surface area contributed by atoms with Gasteiger partial charge in [-0.3, -0.25) is 9.89 Å². The van der Waals surface area contributed by atoms with Crippen LogP contribution in [0.4, 0.5) is 0 Å². The van der Waals surface area contributed by atoms with Crippen LogP contribution < -0.4 is 5.73 Å².